The van der Waals surface area contributed by atoms with E-state index in [1.165, 1.54) is 0 Å². The molecule has 0 aliphatic carbocycles. The molecule has 2 unspecified atom stereocenters. The lowest BCUT2D eigenvalue weighted by atomic mass is 9.55. The third kappa shape index (κ3) is 7.86. The normalized spacial score (nSPS) is 26.9. The summed E-state index contributed by atoms with van der Waals surface area (Å²) in [5, 5.41) is 10.3. The highest BCUT2D eigenvalue weighted by molar-refractivity contribution is 6.54. The molecule has 3 heterocycles. The molecule has 3 saturated heterocycles. The predicted octanol–water partition coefficient (Wildman–Crippen LogP) is 6.84. The second-order valence-electron chi connectivity index (χ2n) is 15.4. The van der Waals surface area contributed by atoms with Crippen molar-refractivity contribution in [3.8, 4) is 6.07 Å². The summed E-state index contributed by atoms with van der Waals surface area (Å²) < 4.78 is 43.6. The highest BCUT2D eigenvalue weighted by Gasteiger charge is 2.58. The van der Waals surface area contributed by atoms with E-state index < -0.39 is 36.6 Å². The fourth-order valence-electron chi connectivity index (χ4n) is 5.33. The van der Waals surface area contributed by atoms with E-state index in [1.54, 1.807) is 0 Å². The van der Waals surface area contributed by atoms with Crippen LogP contribution in [0, 0.1) is 17.2 Å². The summed E-state index contributed by atoms with van der Waals surface area (Å²) in [5.74, 6) is -0.421. The highest BCUT2D eigenvalue weighted by atomic mass is 16.7. The molecule has 3 aliphatic rings. The van der Waals surface area contributed by atoms with Crippen LogP contribution in [0.15, 0.2) is 11.5 Å². The third-order valence-electron chi connectivity index (χ3n) is 10.5. The van der Waals surface area contributed by atoms with Crippen LogP contribution in [-0.2, 0) is 32.7 Å². The first kappa shape index (κ1) is 35.6. The van der Waals surface area contributed by atoms with E-state index in [0.29, 0.717) is 19.5 Å². The minimum atomic E-state index is -0.499. The van der Waals surface area contributed by atoms with Crippen LogP contribution in [0.4, 0.5) is 0 Å². The van der Waals surface area contributed by atoms with Gasteiger partial charge in [-0.25, -0.2) is 0 Å². The first-order valence-corrected chi connectivity index (χ1v) is 15.9. The lowest BCUT2D eigenvalue weighted by molar-refractivity contribution is 0.00578. The van der Waals surface area contributed by atoms with Gasteiger partial charge in [0.05, 0.1) is 46.3 Å². The molecule has 0 aromatic heterocycles. The van der Waals surface area contributed by atoms with Gasteiger partial charge in [-0.3, -0.25) is 0 Å². The summed E-state index contributed by atoms with van der Waals surface area (Å²) in [7, 11) is -1.26. The summed E-state index contributed by atoms with van der Waals surface area (Å²) in [6.45, 7) is 27.8. The van der Waals surface area contributed by atoms with Crippen molar-refractivity contribution in [1.29, 1.82) is 5.26 Å². The monoisotopic (exact) mass is 587 g/mol. The van der Waals surface area contributed by atoms with Crippen LogP contribution in [-0.4, -0.2) is 68.2 Å². The van der Waals surface area contributed by atoms with Gasteiger partial charge in [-0.15, -0.1) is 0 Å². The minimum Gasteiger partial charge on any atom is -0.403 e. The zero-order valence-electron chi connectivity index (χ0n) is 28.7. The van der Waals surface area contributed by atoms with Gasteiger partial charge in [0.25, 0.3) is 0 Å². The second kappa shape index (κ2) is 12.9. The number of nitriles is 1. The van der Waals surface area contributed by atoms with Gasteiger partial charge < -0.3 is 32.7 Å². The molecule has 0 amide bonds. The molecule has 0 radical (unpaired) electrons. The van der Waals surface area contributed by atoms with Gasteiger partial charge in [0.1, 0.15) is 0 Å². The number of unbranched alkanes of at least 4 members (excludes halogenated alkanes) is 2. The van der Waals surface area contributed by atoms with Crippen molar-refractivity contribution in [3.63, 3.8) is 0 Å². The van der Waals surface area contributed by atoms with Crippen molar-refractivity contribution < 1.29 is 32.7 Å². The predicted molar refractivity (Wildman–Crippen MR) is 169 cm³/mol. The van der Waals surface area contributed by atoms with Crippen LogP contribution < -0.4 is 0 Å². The Labute approximate surface area is 257 Å². The first-order valence-electron chi connectivity index (χ1n) is 15.9. The van der Waals surface area contributed by atoms with E-state index in [2.05, 4.69) is 61.5 Å². The molecule has 3 fully saturated rings. The molecule has 11 heteroatoms. The number of rotatable bonds is 13. The van der Waals surface area contributed by atoms with Gasteiger partial charge in [-0.1, -0.05) is 18.9 Å². The second-order valence-corrected chi connectivity index (χ2v) is 15.4. The molecule has 3 rings (SSSR count). The van der Waals surface area contributed by atoms with Gasteiger partial charge in [0.2, 0.25) is 0 Å². The molecule has 0 aromatic rings. The van der Waals surface area contributed by atoms with E-state index in [9.17, 15) is 5.26 Å². The van der Waals surface area contributed by atoms with E-state index >= 15 is 0 Å². The fourth-order valence-corrected chi connectivity index (χ4v) is 5.33. The van der Waals surface area contributed by atoms with Crippen LogP contribution in [0.25, 0.3) is 0 Å². The third-order valence-corrected chi connectivity index (χ3v) is 10.5. The summed E-state index contributed by atoms with van der Waals surface area (Å²) in [5.41, 5.74) is -1.48. The molecule has 236 valence electrons. The van der Waals surface area contributed by atoms with Crippen molar-refractivity contribution in [3.05, 3.63) is 11.5 Å². The molecule has 0 saturated carbocycles. The number of allylic oxidation sites excluding steroid dienone is 1. The van der Waals surface area contributed by atoms with Crippen molar-refractivity contribution in [1.82, 2.24) is 0 Å². The molecule has 42 heavy (non-hydrogen) atoms. The van der Waals surface area contributed by atoms with E-state index in [1.807, 2.05) is 40.7 Å². The van der Waals surface area contributed by atoms with E-state index in [0.717, 1.165) is 31.2 Å². The van der Waals surface area contributed by atoms with Gasteiger partial charge in [-0.2, -0.15) is 5.26 Å². The zero-order valence-corrected chi connectivity index (χ0v) is 28.7. The van der Waals surface area contributed by atoms with Crippen molar-refractivity contribution in [2.75, 3.05) is 13.2 Å². The highest BCUT2D eigenvalue weighted by Crippen LogP contribution is 2.47. The molecule has 0 spiro atoms. The Hall–Kier alpha value is -0.855. The molecule has 0 N–H and O–H groups in total. The van der Waals surface area contributed by atoms with Crippen molar-refractivity contribution in [2.24, 2.45) is 5.92 Å². The van der Waals surface area contributed by atoms with Crippen LogP contribution in [0.3, 0.4) is 0 Å². The van der Waals surface area contributed by atoms with Gasteiger partial charge in [0.15, 0.2) is 0 Å². The Balaban J connectivity index is 1.49. The Bertz CT molecular complexity index is 957. The van der Waals surface area contributed by atoms with Crippen molar-refractivity contribution in [2.45, 2.75) is 161 Å². The van der Waals surface area contributed by atoms with Gasteiger partial charge in [-0.05, 0) is 115 Å². The summed E-state index contributed by atoms with van der Waals surface area (Å²) in [6, 6.07) is 2.58. The average molecular weight is 587 g/mol. The topological polar surface area (TPSA) is 88.4 Å². The van der Waals surface area contributed by atoms with E-state index in [4.69, 9.17) is 32.7 Å². The summed E-state index contributed by atoms with van der Waals surface area (Å²) in [4.78, 5) is 0. The average Bonchev–Trinajstić information content (AvgIpc) is 3.29. The number of hydrogen-bond donors (Lipinski definition) is 0. The zero-order chi connectivity index (χ0) is 31.8. The maximum absolute atomic E-state index is 10.3. The Morgan fingerprint density at radius 2 is 1.19 bits per heavy atom. The van der Waals surface area contributed by atoms with Gasteiger partial charge >= 0.3 is 21.4 Å². The Morgan fingerprint density at radius 1 is 0.714 bits per heavy atom. The molecule has 3 aliphatic heterocycles. The first-order chi connectivity index (χ1) is 19.1. The summed E-state index contributed by atoms with van der Waals surface area (Å²) >= 11 is 0. The molecular weight excluding hydrogens is 531 g/mol. The molecule has 8 nitrogen and oxygen atoms in total. The number of ether oxygens (including phenoxy) is 1. The number of hydrogen-bond acceptors (Lipinski definition) is 8. The maximum Gasteiger partial charge on any atom is 0.490 e. The standard InChI is InChI=1S/C31H56B3NO7/c1-23(33-39-28(6,7)29(8,9)40-33)18-20-36-19-16-14-15-17-24(22-35)25(34-41-30(10,11)31(12,13)42-34)21-32-37-26(2,3)27(4,5)38-32/h18,24-25H,14-17,19-21H2,1-13H3/b23-18+. The molecule has 0 aromatic carbocycles. The maximum atomic E-state index is 10.3. The largest absolute Gasteiger partial charge is 0.490 e. The van der Waals surface area contributed by atoms with E-state index in [-0.39, 0.29) is 30.1 Å². The lowest BCUT2D eigenvalue weighted by Gasteiger charge is -2.32. The molecule has 2 atom stereocenters. The van der Waals surface area contributed by atoms with Crippen molar-refractivity contribution >= 4 is 21.4 Å². The molecular formula is C31H56B3NO7. The smallest absolute Gasteiger partial charge is 0.403 e. The van der Waals surface area contributed by atoms with Crippen LogP contribution in [0.5, 0.6) is 0 Å². The Kier molecular flexibility index (Phi) is 10.9. The minimum absolute atomic E-state index is 0.176. The molecule has 0 bridgehead atoms. The lowest BCUT2D eigenvalue weighted by Crippen LogP contribution is -2.41. The Morgan fingerprint density at radius 3 is 1.69 bits per heavy atom. The fraction of sp³-hybridized carbons (Fsp3) is 0.903. The number of nitrogens with zero attached hydrogens (tertiary/aromatic N) is 1. The summed E-state index contributed by atoms with van der Waals surface area (Å²) in [6.07, 6.45) is 6.16. The quantitative estimate of drug-likeness (QED) is 0.171. The van der Waals surface area contributed by atoms with Crippen LogP contribution in [0.1, 0.15) is 116 Å². The van der Waals surface area contributed by atoms with Crippen LogP contribution in [0.2, 0.25) is 12.1 Å². The SMILES string of the molecule is C/C(=C\COCCCCCC(C#N)C(CB1OC(C)(C)C(C)(C)O1)B1OC(C)(C)C(C)(C)O1)B1OC(C)(C)C(C)(C)O1. The van der Waals surface area contributed by atoms with Crippen LogP contribution >= 0.6 is 0 Å². The van der Waals surface area contributed by atoms with Gasteiger partial charge in [0, 0.05) is 18.3 Å².